The van der Waals surface area contributed by atoms with Gasteiger partial charge in [-0.3, -0.25) is 14.5 Å². The second-order valence-corrected chi connectivity index (χ2v) is 9.44. The summed E-state index contributed by atoms with van der Waals surface area (Å²) in [5.74, 6) is 1.07. The van der Waals surface area contributed by atoms with Crippen molar-refractivity contribution < 1.29 is 14.3 Å². The smallest absolute Gasteiger partial charge is 0.257 e. The lowest BCUT2D eigenvalue weighted by Gasteiger charge is -2.29. The minimum absolute atomic E-state index is 0.0190. The molecule has 2 amide bonds. The maximum Gasteiger partial charge on any atom is 0.257 e. The largest absolute Gasteiger partial charge is 0.496 e. The number of carbonyl (C=O) groups is 2. The van der Waals surface area contributed by atoms with Gasteiger partial charge in [-0.15, -0.1) is 0 Å². The monoisotopic (exact) mass is 455 g/mol. The SMILES string of the molecule is COc1c(C)cccc1C(=O)N1CC2CN(C(CC(N)=O)c3ccc(C)c(Cl)c3)CC2C1. The number of methoxy groups -OCH3 is 1. The number of rotatable bonds is 6. The van der Waals surface area contributed by atoms with Crippen molar-refractivity contribution in [1.29, 1.82) is 0 Å². The van der Waals surface area contributed by atoms with Crippen LogP contribution in [0.5, 0.6) is 5.75 Å². The molecule has 3 atom stereocenters. The molecule has 2 fully saturated rings. The Bertz CT molecular complexity index is 1030. The zero-order valence-corrected chi connectivity index (χ0v) is 19.6. The third-order valence-corrected chi connectivity index (χ3v) is 7.27. The molecule has 2 aromatic carbocycles. The second kappa shape index (κ2) is 9.12. The van der Waals surface area contributed by atoms with Crippen LogP contribution in [0.15, 0.2) is 36.4 Å². The zero-order valence-electron chi connectivity index (χ0n) is 18.8. The van der Waals surface area contributed by atoms with Gasteiger partial charge in [0.2, 0.25) is 5.91 Å². The number of likely N-dealkylation sites (tertiary alicyclic amines) is 2. The van der Waals surface area contributed by atoms with Gasteiger partial charge >= 0.3 is 0 Å². The van der Waals surface area contributed by atoms with Crippen molar-refractivity contribution in [1.82, 2.24) is 9.80 Å². The number of nitrogens with two attached hydrogens (primary N) is 1. The fourth-order valence-corrected chi connectivity index (χ4v) is 5.37. The van der Waals surface area contributed by atoms with E-state index >= 15 is 0 Å². The molecular weight excluding hydrogens is 426 g/mol. The van der Waals surface area contributed by atoms with E-state index in [2.05, 4.69) is 4.90 Å². The van der Waals surface area contributed by atoms with Gasteiger partial charge in [0.1, 0.15) is 5.75 Å². The highest BCUT2D eigenvalue weighted by Gasteiger charge is 2.44. The molecule has 2 aliphatic heterocycles. The summed E-state index contributed by atoms with van der Waals surface area (Å²) < 4.78 is 5.49. The topological polar surface area (TPSA) is 75.9 Å². The van der Waals surface area contributed by atoms with Crippen molar-refractivity contribution in [2.24, 2.45) is 17.6 Å². The summed E-state index contributed by atoms with van der Waals surface area (Å²) in [5, 5.41) is 0.695. The van der Waals surface area contributed by atoms with Crippen LogP contribution in [0, 0.1) is 25.7 Å². The first kappa shape index (κ1) is 22.6. The van der Waals surface area contributed by atoms with Crippen LogP contribution in [-0.4, -0.2) is 54.9 Å². The number of hydrogen-bond donors (Lipinski definition) is 1. The fraction of sp³-hybridized carbons (Fsp3) is 0.440. The highest BCUT2D eigenvalue weighted by Crippen LogP contribution is 2.39. The molecule has 0 bridgehead atoms. The molecule has 2 N–H and O–H groups in total. The molecule has 2 heterocycles. The summed E-state index contributed by atoms with van der Waals surface area (Å²) in [6, 6.07) is 11.5. The molecule has 0 aromatic heterocycles. The van der Waals surface area contributed by atoms with E-state index in [1.165, 1.54) is 0 Å². The van der Waals surface area contributed by atoms with E-state index in [0.717, 1.165) is 29.8 Å². The molecule has 32 heavy (non-hydrogen) atoms. The van der Waals surface area contributed by atoms with Gasteiger partial charge in [0, 0.05) is 43.7 Å². The summed E-state index contributed by atoms with van der Waals surface area (Å²) >= 11 is 6.36. The number of nitrogens with zero attached hydrogens (tertiary/aromatic N) is 2. The number of halogens is 1. The average molecular weight is 456 g/mol. The van der Waals surface area contributed by atoms with Crippen LogP contribution in [0.1, 0.15) is 39.5 Å². The van der Waals surface area contributed by atoms with Gasteiger partial charge in [0.25, 0.3) is 5.91 Å². The Morgan fingerprint density at radius 1 is 1.09 bits per heavy atom. The summed E-state index contributed by atoms with van der Waals surface area (Å²) in [4.78, 5) is 29.3. The third kappa shape index (κ3) is 4.34. The van der Waals surface area contributed by atoms with Gasteiger partial charge < -0.3 is 15.4 Å². The molecule has 4 rings (SSSR count). The Morgan fingerprint density at radius 3 is 2.38 bits per heavy atom. The molecule has 7 heteroatoms. The van der Waals surface area contributed by atoms with E-state index < -0.39 is 0 Å². The molecule has 0 aliphatic carbocycles. The van der Waals surface area contributed by atoms with E-state index in [1.54, 1.807) is 7.11 Å². The Labute approximate surface area is 194 Å². The molecule has 2 saturated heterocycles. The first-order valence-electron chi connectivity index (χ1n) is 11.0. The second-order valence-electron chi connectivity index (χ2n) is 9.03. The lowest BCUT2D eigenvalue weighted by molar-refractivity contribution is -0.119. The number of primary amides is 1. The number of carbonyl (C=O) groups excluding carboxylic acids is 2. The molecule has 0 radical (unpaired) electrons. The molecule has 0 saturated carbocycles. The van der Waals surface area contributed by atoms with Crippen LogP contribution >= 0.6 is 11.6 Å². The minimum atomic E-state index is -0.327. The van der Waals surface area contributed by atoms with Gasteiger partial charge in [0.05, 0.1) is 12.7 Å². The Balaban J connectivity index is 1.48. The van der Waals surface area contributed by atoms with Crippen molar-refractivity contribution in [3.05, 3.63) is 63.7 Å². The number of ether oxygens (including phenoxy) is 1. The Kier molecular flexibility index (Phi) is 6.45. The number of aryl methyl sites for hydroxylation is 2. The van der Waals surface area contributed by atoms with Crippen LogP contribution in [-0.2, 0) is 4.79 Å². The Hall–Kier alpha value is -2.57. The number of para-hydroxylation sites is 1. The van der Waals surface area contributed by atoms with E-state index in [1.807, 2.05) is 55.1 Å². The van der Waals surface area contributed by atoms with Crippen molar-refractivity contribution >= 4 is 23.4 Å². The summed E-state index contributed by atoms with van der Waals surface area (Å²) in [7, 11) is 1.60. The Morgan fingerprint density at radius 2 is 1.78 bits per heavy atom. The van der Waals surface area contributed by atoms with E-state index in [4.69, 9.17) is 22.1 Å². The summed E-state index contributed by atoms with van der Waals surface area (Å²) in [6.45, 7) is 6.96. The zero-order chi connectivity index (χ0) is 23.0. The lowest BCUT2D eigenvalue weighted by atomic mass is 10.0. The van der Waals surface area contributed by atoms with Crippen molar-refractivity contribution in [3.63, 3.8) is 0 Å². The molecule has 170 valence electrons. The molecule has 0 spiro atoms. The van der Waals surface area contributed by atoms with Crippen molar-refractivity contribution in [2.45, 2.75) is 26.3 Å². The van der Waals surface area contributed by atoms with Crippen molar-refractivity contribution in [3.8, 4) is 5.75 Å². The van der Waals surface area contributed by atoms with Gasteiger partial charge in [-0.2, -0.15) is 0 Å². The van der Waals surface area contributed by atoms with Gasteiger partial charge in [-0.05, 0) is 54.5 Å². The molecular formula is C25H30ClN3O3. The first-order valence-corrected chi connectivity index (χ1v) is 11.4. The average Bonchev–Trinajstić information content (AvgIpc) is 3.32. The van der Waals surface area contributed by atoms with Crippen LogP contribution in [0.25, 0.3) is 0 Å². The van der Waals surface area contributed by atoms with Crippen LogP contribution in [0.4, 0.5) is 0 Å². The van der Waals surface area contributed by atoms with E-state index in [-0.39, 0.29) is 24.3 Å². The molecule has 2 aromatic rings. The van der Waals surface area contributed by atoms with Gasteiger partial charge in [-0.25, -0.2) is 0 Å². The standard InChI is InChI=1S/C25H30ClN3O3/c1-15-7-8-17(9-21(15)26)22(10-23(27)30)28-11-18-13-29(14-19(18)12-28)25(31)20-6-4-5-16(2)24(20)32-3/h4-9,18-19,22H,10-14H2,1-3H3,(H2,27,30). The number of amides is 2. The van der Waals surface area contributed by atoms with Crippen LogP contribution in [0.2, 0.25) is 5.02 Å². The highest BCUT2D eigenvalue weighted by molar-refractivity contribution is 6.31. The van der Waals surface area contributed by atoms with Gasteiger partial charge in [-0.1, -0.05) is 35.9 Å². The lowest BCUT2D eigenvalue weighted by Crippen LogP contribution is -2.36. The first-order chi connectivity index (χ1) is 15.3. The fourth-order valence-electron chi connectivity index (χ4n) is 5.18. The molecule has 3 unspecified atom stereocenters. The van der Waals surface area contributed by atoms with E-state index in [0.29, 0.717) is 41.3 Å². The predicted octanol–water partition coefficient (Wildman–Crippen LogP) is 3.59. The minimum Gasteiger partial charge on any atom is -0.496 e. The number of benzene rings is 2. The molecule has 2 aliphatic rings. The number of hydrogen-bond acceptors (Lipinski definition) is 4. The summed E-state index contributed by atoms with van der Waals surface area (Å²) in [6.07, 6.45) is 0.252. The van der Waals surface area contributed by atoms with Crippen molar-refractivity contribution in [2.75, 3.05) is 33.3 Å². The van der Waals surface area contributed by atoms with Crippen LogP contribution in [0.3, 0.4) is 0 Å². The maximum absolute atomic E-state index is 13.2. The summed E-state index contributed by atoms with van der Waals surface area (Å²) in [5.41, 5.74) is 9.17. The van der Waals surface area contributed by atoms with E-state index in [9.17, 15) is 9.59 Å². The quantitative estimate of drug-likeness (QED) is 0.722. The molecule has 6 nitrogen and oxygen atoms in total. The third-order valence-electron chi connectivity index (χ3n) is 6.86. The van der Waals surface area contributed by atoms with Gasteiger partial charge in [0.15, 0.2) is 0 Å². The normalized spacial score (nSPS) is 21.4. The number of fused-ring (bicyclic) bond motifs is 1. The van der Waals surface area contributed by atoms with Crippen LogP contribution < -0.4 is 10.5 Å². The highest BCUT2D eigenvalue weighted by atomic mass is 35.5. The predicted molar refractivity (Wildman–Crippen MR) is 125 cm³/mol. The maximum atomic E-state index is 13.2.